The maximum atomic E-state index is 11.4. The average Bonchev–Trinajstić information content (AvgIpc) is 3.17. The first-order valence-corrected chi connectivity index (χ1v) is 7.35. The zero-order valence-corrected chi connectivity index (χ0v) is 12.8. The summed E-state index contributed by atoms with van der Waals surface area (Å²) in [5.41, 5.74) is 0.229. The van der Waals surface area contributed by atoms with Gasteiger partial charge in [0.2, 0.25) is 0 Å². The molecule has 22 heavy (non-hydrogen) atoms. The lowest BCUT2D eigenvalue weighted by Gasteiger charge is -2.26. The second-order valence-corrected chi connectivity index (χ2v) is 5.38. The molecule has 1 atom stereocenters. The second kappa shape index (κ2) is 6.13. The van der Waals surface area contributed by atoms with Crippen molar-refractivity contribution in [1.29, 1.82) is 0 Å². The molecule has 1 unspecified atom stereocenters. The van der Waals surface area contributed by atoms with E-state index in [9.17, 15) is 4.79 Å². The van der Waals surface area contributed by atoms with Gasteiger partial charge in [-0.1, -0.05) is 0 Å². The van der Waals surface area contributed by atoms with E-state index >= 15 is 0 Å². The Balaban J connectivity index is 1.75. The van der Waals surface area contributed by atoms with Crippen LogP contribution in [0.3, 0.4) is 0 Å². The normalized spacial score (nSPS) is 17.7. The second-order valence-electron chi connectivity index (χ2n) is 5.38. The number of hydrogen-bond donors (Lipinski definition) is 0. The SMILES string of the molecule is COC(=O)c1ccc(N2CCCC2Cn2ccnc2C)nn1. The Morgan fingerprint density at radius 2 is 2.27 bits per heavy atom. The van der Waals surface area contributed by atoms with Gasteiger partial charge in [0.15, 0.2) is 11.5 Å². The van der Waals surface area contributed by atoms with Crippen molar-refractivity contribution in [1.82, 2.24) is 19.7 Å². The van der Waals surface area contributed by atoms with E-state index in [2.05, 4.69) is 29.4 Å². The molecule has 7 heteroatoms. The summed E-state index contributed by atoms with van der Waals surface area (Å²) in [6.45, 7) is 3.83. The number of aromatic nitrogens is 4. The van der Waals surface area contributed by atoms with Crippen molar-refractivity contribution in [3.05, 3.63) is 36.0 Å². The number of carbonyl (C=O) groups is 1. The molecular weight excluding hydrogens is 282 g/mol. The van der Waals surface area contributed by atoms with Crippen LogP contribution in [0.15, 0.2) is 24.5 Å². The number of methoxy groups -OCH3 is 1. The first kappa shape index (κ1) is 14.5. The summed E-state index contributed by atoms with van der Waals surface area (Å²) in [5.74, 6) is 1.35. The molecule has 3 heterocycles. The fourth-order valence-electron chi connectivity index (χ4n) is 2.84. The van der Waals surface area contributed by atoms with Crippen molar-refractivity contribution in [2.75, 3.05) is 18.6 Å². The third-order valence-electron chi connectivity index (χ3n) is 4.05. The zero-order valence-electron chi connectivity index (χ0n) is 12.8. The lowest BCUT2D eigenvalue weighted by molar-refractivity contribution is 0.0592. The minimum Gasteiger partial charge on any atom is -0.464 e. The largest absolute Gasteiger partial charge is 0.464 e. The fourth-order valence-corrected chi connectivity index (χ4v) is 2.84. The Morgan fingerprint density at radius 3 is 2.91 bits per heavy atom. The van der Waals surface area contributed by atoms with Gasteiger partial charge in [-0.15, -0.1) is 10.2 Å². The summed E-state index contributed by atoms with van der Waals surface area (Å²) in [6.07, 6.45) is 6.05. The highest BCUT2D eigenvalue weighted by atomic mass is 16.5. The molecule has 1 fully saturated rings. The molecule has 116 valence electrons. The molecule has 1 saturated heterocycles. The van der Waals surface area contributed by atoms with Crippen LogP contribution in [0, 0.1) is 6.92 Å². The Bertz CT molecular complexity index is 652. The number of carbonyl (C=O) groups excluding carboxylic acids is 1. The minimum absolute atomic E-state index is 0.229. The Hall–Kier alpha value is -2.44. The van der Waals surface area contributed by atoms with E-state index in [1.165, 1.54) is 7.11 Å². The average molecular weight is 301 g/mol. The molecule has 0 bridgehead atoms. The number of anilines is 1. The number of nitrogens with zero attached hydrogens (tertiary/aromatic N) is 5. The maximum Gasteiger partial charge on any atom is 0.358 e. The lowest BCUT2D eigenvalue weighted by atomic mass is 10.2. The summed E-state index contributed by atoms with van der Waals surface area (Å²) in [5, 5.41) is 8.14. The van der Waals surface area contributed by atoms with Gasteiger partial charge in [-0.3, -0.25) is 0 Å². The van der Waals surface area contributed by atoms with Crippen LogP contribution < -0.4 is 4.90 Å². The molecular formula is C15H19N5O2. The van der Waals surface area contributed by atoms with Gasteiger partial charge < -0.3 is 14.2 Å². The molecule has 3 rings (SSSR count). The van der Waals surface area contributed by atoms with Crippen molar-refractivity contribution in [3.63, 3.8) is 0 Å². The van der Waals surface area contributed by atoms with E-state index in [-0.39, 0.29) is 5.69 Å². The molecule has 0 amide bonds. The van der Waals surface area contributed by atoms with Gasteiger partial charge in [0, 0.05) is 31.5 Å². The summed E-state index contributed by atoms with van der Waals surface area (Å²) in [6, 6.07) is 3.86. The van der Waals surface area contributed by atoms with E-state index in [0.717, 1.165) is 37.6 Å². The molecule has 0 N–H and O–H groups in total. The van der Waals surface area contributed by atoms with Gasteiger partial charge in [-0.05, 0) is 31.9 Å². The number of rotatable bonds is 4. The maximum absolute atomic E-state index is 11.4. The van der Waals surface area contributed by atoms with Crippen LogP contribution in [-0.4, -0.2) is 45.4 Å². The predicted molar refractivity (Wildman–Crippen MR) is 80.7 cm³/mol. The van der Waals surface area contributed by atoms with Gasteiger partial charge in [-0.2, -0.15) is 0 Å². The van der Waals surface area contributed by atoms with Crippen molar-refractivity contribution in [3.8, 4) is 0 Å². The molecule has 0 aliphatic carbocycles. The van der Waals surface area contributed by atoms with Gasteiger partial charge in [0.25, 0.3) is 0 Å². The summed E-state index contributed by atoms with van der Waals surface area (Å²) >= 11 is 0. The van der Waals surface area contributed by atoms with Gasteiger partial charge in [-0.25, -0.2) is 9.78 Å². The molecule has 0 spiro atoms. The number of hydrogen-bond acceptors (Lipinski definition) is 6. The van der Waals surface area contributed by atoms with Crippen LogP contribution in [0.2, 0.25) is 0 Å². The summed E-state index contributed by atoms with van der Waals surface area (Å²) in [4.78, 5) is 17.9. The van der Waals surface area contributed by atoms with Gasteiger partial charge in [0.05, 0.1) is 7.11 Å². The first-order valence-electron chi connectivity index (χ1n) is 7.35. The van der Waals surface area contributed by atoms with Crippen LogP contribution in [0.4, 0.5) is 5.82 Å². The van der Waals surface area contributed by atoms with E-state index in [4.69, 9.17) is 0 Å². The van der Waals surface area contributed by atoms with Crippen molar-refractivity contribution >= 4 is 11.8 Å². The van der Waals surface area contributed by atoms with Crippen LogP contribution >= 0.6 is 0 Å². The highest BCUT2D eigenvalue weighted by molar-refractivity contribution is 5.86. The van der Waals surface area contributed by atoms with Crippen LogP contribution in [0.1, 0.15) is 29.2 Å². The van der Waals surface area contributed by atoms with E-state index in [0.29, 0.717) is 6.04 Å². The van der Waals surface area contributed by atoms with Crippen LogP contribution in [0.5, 0.6) is 0 Å². The lowest BCUT2D eigenvalue weighted by Crippen LogP contribution is -2.34. The molecule has 0 saturated carbocycles. The molecule has 1 aliphatic rings. The quantitative estimate of drug-likeness (QED) is 0.796. The van der Waals surface area contributed by atoms with Crippen molar-refractivity contribution in [2.45, 2.75) is 32.4 Å². The third kappa shape index (κ3) is 2.79. The van der Waals surface area contributed by atoms with E-state index < -0.39 is 5.97 Å². The highest BCUT2D eigenvalue weighted by Crippen LogP contribution is 2.24. The monoisotopic (exact) mass is 301 g/mol. The zero-order chi connectivity index (χ0) is 15.5. The standard InChI is InChI=1S/C15H19N5O2/c1-11-16-7-9-19(11)10-12-4-3-8-20(12)14-6-5-13(17-18-14)15(21)22-2/h5-7,9,12H,3-4,8,10H2,1-2H3. The van der Waals surface area contributed by atoms with Crippen molar-refractivity contribution < 1.29 is 9.53 Å². The molecule has 1 aliphatic heterocycles. The molecule has 7 nitrogen and oxygen atoms in total. The summed E-state index contributed by atoms with van der Waals surface area (Å²) in [7, 11) is 1.34. The molecule has 0 radical (unpaired) electrons. The smallest absolute Gasteiger partial charge is 0.358 e. The number of aryl methyl sites for hydroxylation is 1. The first-order chi connectivity index (χ1) is 10.7. The summed E-state index contributed by atoms with van der Waals surface area (Å²) < 4.78 is 6.79. The Kier molecular flexibility index (Phi) is 4.04. The topological polar surface area (TPSA) is 73.1 Å². The number of esters is 1. The Morgan fingerprint density at radius 1 is 1.41 bits per heavy atom. The van der Waals surface area contributed by atoms with E-state index in [1.807, 2.05) is 25.4 Å². The fraction of sp³-hybridized carbons (Fsp3) is 0.467. The number of ether oxygens (including phenoxy) is 1. The minimum atomic E-state index is -0.467. The Labute approximate surface area is 128 Å². The third-order valence-corrected chi connectivity index (χ3v) is 4.05. The number of imidazole rings is 1. The molecule has 0 aromatic carbocycles. The molecule has 2 aromatic rings. The van der Waals surface area contributed by atoms with Crippen LogP contribution in [-0.2, 0) is 11.3 Å². The molecule has 2 aromatic heterocycles. The van der Waals surface area contributed by atoms with E-state index in [1.54, 1.807) is 6.07 Å². The van der Waals surface area contributed by atoms with Crippen molar-refractivity contribution in [2.24, 2.45) is 0 Å². The van der Waals surface area contributed by atoms with Gasteiger partial charge >= 0.3 is 5.97 Å². The van der Waals surface area contributed by atoms with Gasteiger partial charge in [0.1, 0.15) is 5.82 Å². The van der Waals surface area contributed by atoms with Crippen LogP contribution in [0.25, 0.3) is 0 Å². The highest BCUT2D eigenvalue weighted by Gasteiger charge is 2.26. The predicted octanol–water partition coefficient (Wildman–Crippen LogP) is 1.44.